The van der Waals surface area contributed by atoms with E-state index < -0.39 is 77.5 Å². The molecule has 3 aliphatic heterocycles. The lowest BCUT2D eigenvalue weighted by Crippen LogP contribution is -2.62. The van der Waals surface area contributed by atoms with Crippen LogP contribution in [0, 0.1) is 5.92 Å². The molecule has 0 bridgehead atoms. The second-order valence-electron chi connectivity index (χ2n) is 21.3. The third kappa shape index (κ3) is 12.4. The maximum absolute atomic E-state index is 14.8. The van der Waals surface area contributed by atoms with Crippen molar-refractivity contribution in [3.63, 3.8) is 0 Å². The Balaban J connectivity index is 0.915. The van der Waals surface area contributed by atoms with E-state index in [1.54, 1.807) is 37.3 Å². The molecule has 0 spiro atoms. The molecule has 8 amide bonds. The SMILES string of the molecule is Cn1c(=O)n(C2CCC(=O)NC2=O)c2ccc([C@H]3CC[C@H](CCC(=O)N4CC[C@H]5CC[C@@H](C(=O)N[C@@H](CCC(N)=O)C(=O)NC(c6ccccc6)c6ccccc6)N5C(=O)[C@@H](NC(=O)OC(C)(C)C)C4)CC3)cc21. The molecule has 1 unspecified atom stereocenters. The van der Waals surface area contributed by atoms with Crippen molar-refractivity contribution in [2.75, 3.05) is 13.1 Å². The number of fused-ring (bicyclic) bond motifs is 2. The van der Waals surface area contributed by atoms with Crippen LogP contribution in [-0.2, 0) is 45.3 Å². The number of nitrogens with one attached hydrogen (secondary N) is 4. The first kappa shape index (κ1) is 53.0. The molecule has 4 aromatic rings. The van der Waals surface area contributed by atoms with Crippen LogP contribution in [0.2, 0.25) is 0 Å². The summed E-state index contributed by atoms with van der Waals surface area (Å²) in [5.74, 6) is -2.76. The maximum atomic E-state index is 14.8. The minimum Gasteiger partial charge on any atom is -0.444 e. The number of piperidine rings is 1. The fourth-order valence-electron chi connectivity index (χ4n) is 11.3. The van der Waals surface area contributed by atoms with Gasteiger partial charge in [-0.25, -0.2) is 9.59 Å². The normalized spacial score (nSPS) is 22.8. The fourth-order valence-corrected chi connectivity index (χ4v) is 11.3. The van der Waals surface area contributed by atoms with Crippen molar-refractivity contribution in [3.8, 4) is 0 Å². The van der Waals surface area contributed by atoms with Gasteiger partial charge in [-0.1, -0.05) is 66.7 Å². The summed E-state index contributed by atoms with van der Waals surface area (Å²) >= 11 is 0. The lowest BCUT2D eigenvalue weighted by Gasteiger charge is -2.39. The molecule has 5 atom stereocenters. The van der Waals surface area contributed by atoms with Crippen molar-refractivity contribution in [2.45, 2.75) is 152 Å². The van der Waals surface area contributed by atoms with Gasteiger partial charge in [0.2, 0.25) is 41.4 Å². The second-order valence-corrected chi connectivity index (χ2v) is 21.3. The zero-order valence-electron chi connectivity index (χ0n) is 42.7. The number of ether oxygens (including phenoxy) is 1. The highest BCUT2D eigenvalue weighted by molar-refractivity contribution is 6.00. The van der Waals surface area contributed by atoms with Crippen LogP contribution < -0.4 is 32.7 Å². The molecule has 4 fully saturated rings. The Hall–Kier alpha value is -7.31. The molecule has 0 radical (unpaired) electrons. The first-order chi connectivity index (χ1) is 35.3. The summed E-state index contributed by atoms with van der Waals surface area (Å²) in [6, 6.07) is 19.4. The first-order valence-corrected chi connectivity index (χ1v) is 26.0. The van der Waals surface area contributed by atoms with Crippen molar-refractivity contribution in [1.82, 2.24) is 40.2 Å². The molecule has 1 aromatic heterocycles. The topological polar surface area (TPSA) is 253 Å². The summed E-state index contributed by atoms with van der Waals surface area (Å²) in [7, 11) is 1.69. The minimum atomic E-state index is -1.25. The number of imide groups is 1. The Labute approximate surface area is 430 Å². The summed E-state index contributed by atoms with van der Waals surface area (Å²) in [5.41, 5.74) is 8.41. The van der Waals surface area contributed by atoms with Crippen molar-refractivity contribution in [1.29, 1.82) is 0 Å². The van der Waals surface area contributed by atoms with Gasteiger partial charge >= 0.3 is 11.8 Å². The van der Waals surface area contributed by atoms with E-state index in [1.165, 1.54) is 9.47 Å². The standard InChI is InChI=1S/C55H69N9O10/c1-55(2,3)74-53(72)58-40-32-62(47(67)28-17-33-15-18-34(19-16-33)37-20-23-41-44(31-37)61(4)54(73)64(41)43-25-27-46(66)59-51(43)70)30-29-38-21-24-42(63(38)52(40)71)50(69)57-39(22-26-45(56)65)49(68)60-48(35-11-7-5-8-12-35)36-13-9-6-10-14-36/h5-14,20,23,31,33-34,38-40,42-43,48H,15-19,21-22,24-30,32H2,1-4H3,(H2,56,65)(H,57,69)(H,58,72)(H,60,68)(H,59,66,70)/t33-,34-,38-,39+,40+,42+,43?/m1/s1. The van der Waals surface area contributed by atoms with Gasteiger partial charge in [0.15, 0.2) is 0 Å². The van der Waals surface area contributed by atoms with Crippen LogP contribution in [0.5, 0.6) is 0 Å². The van der Waals surface area contributed by atoms with E-state index in [1.807, 2.05) is 78.9 Å². The van der Waals surface area contributed by atoms with Crippen LogP contribution >= 0.6 is 0 Å². The number of carbonyl (C=O) groups excluding carboxylic acids is 8. The molecular weight excluding hydrogens is 947 g/mol. The highest BCUT2D eigenvalue weighted by atomic mass is 16.6. The van der Waals surface area contributed by atoms with Crippen molar-refractivity contribution < 1.29 is 43.1 Å². The Morgan fingerprint density at radius 2 is 1.47 bits per heavy atom. The van der Waals surface area contributed by atoms with Crippen molar-refractivity contribution >= 4 is 58.5 Å². The largest absolute Gasteiger partial charge is 0.444 e. The zero-order chi connectivity index (χ0) is 52.8. The number of nitrogens with two attached hydrogens (primary N) is 1. The van der Waals surface area contributed by atoms with Gasteiger partial charge in [0, 0.05) is 38.9 Å². The molecule has 19 heteroatoms. The molecule has 4 aliphatic rings. The summed E-state index contributed by atoms with van der Waals surface area (Å²) in [5, 5.41) is 11.0. The molecule has 3 saturated heterocycles. The van der Waals surface area contributed by atoms with Gasteiger partial charge in [-0.05, 0) is 126 Å². The number of carbonyl (C=O) groups is 8. The van der Waals surface area contributed by atoms with E-state index >= 15 is 0 Å². The van der Waals surface area contributed by atoms with E-state index in [0.29, 0.717) is 24.8 Å². The first-order valence-electron chi connectivity index (χ1n) is 26.0. The predicted molar refractivity (Wildman–Crippen MR) is 274 cm³/mol. The quantitative estimate of drug-likeness (QED) is 0.104. The molecule has 74 heavy (non-hydrogen) atoms. The molecule has 3 aromatic carbocycles. The van der Waals surface area contributed by atoms with E-state index in [2.05, 4.69) is 21.3 Å². The highest BCUT2D eigenvalue weighted by Gasteiger charge is 2.46. The minimum absolute atomic E-state index is 0.0844. The molecule has 1 saturated carbocycles. The lowest BCUT2D eigenvalue weighted by molar-refractivity contribution is -0.146. The average Bonchev–Trinajstić information content (AvgIpc) is 3.90. The van der Waals surface area contributed by atoms with Gasteiger partial charge in [0.05, 0.1) is 23.6 Å². The number of benzene rings is 3. The van der Waals surface area contributed by atoms with Crippen molar-refractivity contribution in [3.05, 3.63) is 106 Å². The van der Waals surface area contributed by atoms with Crippen LogP contribution in [0.1, 0.15) is 139 Å². The van der Waals surface area contributed by atoms with Gasteiger partial charge in [-0.3, -0.25) is 48.0 Å². The molecule has 8 rings (SSSR count). The molecular formula is C55H69N9O10. The zero-order valence-corrected chi connectivity index (χ0v) is 42.7. The smallest absolute Gasteiger partial charge is 0.408 e. The maximum Gasteiger partial charge on any atom is 0.408 e. The lowest BCUT2D eigenvalue weighted by atomic mass is 9.77. The molecule has 4 heterocycles. The van der Waals surface area contributed by atoms with Crippen LogP contribution in [0.15, 0.2) is 83.7 Å². The molecule has 1 aliphatic carbocycles. The Morgan fingerprint density at radius 3 is 2.11 bits per heavy atom. The average molecular weight is 1020 g/mol. The van der Waals surface area contributed by atoms with Gasteiger partial charge in [-0.15, -0.1) is 0 Å². The number of imidazole rings is 1. The summed E-state index contributed by atoms with van der Waals surface area (Å²) < 4.78 is 8.60. The van der Waals surface area contributed by atoms with Crippen LogP contribution in [-0.4, -0.2) is 109 Å². The van der Waals surface area contributed by atoms with Gasteiger partial charge in [0.25, 0.3) is 0 Å². The second kappa shape index (κ2) is 22.8. The fraction of sp³-hybridized carbons (Fsp3) is 0.509. The van der Waals surface area contributed by atoms with Crippen LogP contribution in [0.4, 0.5) is 4.79 Å². The number of aryl methyl sites for hydroxylation is 1. The van der Waals surface area contributed by atoms with Gasteiger partial charge in [-0.2, -0.15) is 0 Å². The van der Waals surface area contributed by atoms with Gasteiger partial charge in [0.1, 0.15) is 29.8 Å². The summed E-state index contributed by atoms with van der Waals surface area (Å²) in [4.78, 5) is 124. The number of primary amides is 1. The number of hydrogen-bond donors (Lipinski definition) is 5. The number of hydrogen-bond acceptors (Lipinski definition) is 10. The number of aromatic nitrogens is 2. The summed E-state index contributed by atoms with van der Waals surface area (Å²) in [6.45, 7) is 5.24. The third-order valence-corrected chi connectivity index (χ3v) is 15.1. The van der Waals surface area contributed by atoms with E-state index in [0.717, 1.165) is 47.9 Å². The number of alkyl carbamates (subject to hydrolysis) is 1. The highest BCUT2D eigenvalue weighted by Crippen LogP contribution is 2.39. The Bertz CT molecular complexity index is 2780. The van der Waals surface area contributed by atoms with E-state index in [-0.39, 0.29) is 81.0 Å². The molecule has 6 N–H and O–H groups in total. The van der Waals surface area contributed by atoms with Gasteiger partial charge < -0.3 is 36.2 Å². The Morgan fingerprint density at radius 1 is 0.797 bits per heavy atom. The number of amides is 8. The number of nitrogens with zero attached hydrogens (tertiary/aromatic N) is 4. The molecule has 394 valence electrons. The van der Waals surface area contributed by atoms with Crippen LogP contribution in [0.25, 0.3) is 11.0 Å². The Kier molecular flexibility index (Phi) is 16.4. The predicted octanol–water partition coefficient (Wildman–Crippen LogP) is 4.51. The van der Waals surface area contributed by atoms with Crippen molar-refractivity contribution in [2.24, 2.45) is 18.7 Å². The van der Waals surface area contributed by atoms with E-state index in [9.17, 15) is 43.2 Å². The number of rotatable bonds is 15. The summed E-state index contributed by atoms with van der Waals surface area (Å²) in [6.07, 6.45) is 4.83. The van der Waals surface area contributed by atoms with E-state index in [4.69, 9.17) is 10.5 Å². The molecule has 19 nitrogen and oxygen atoms in total. The van der Waals surface area contributed by atoms with Crippen LogP contribution in [0.3, 0.4) is 0 Å². The monoisotopic (exact) mass is 1020 g/mol. The third-order valence-electron chi connectivity index (χ3n) is 15.1.